The lowest BCUT2D eigenvalue weighted by Gasteiger charge is -2.10. The Kier molecular flexibility index (Phi) is 4.05. The molecule has 7 heteroatoms. The third kappa shape index (κ3) is 2.83. The SMILES string of the molecule is CC(C)Nc1ccnc2sc3c(=O)n(-c4ccc(Br)cc4)cnc3c12. The van der Waals surface area contributed by atoms with Crippen molar-refractivity contribution in [2.75, 3.05) is 5.32 Å². The zero-order chi connectivity index (χ0) is 17.6. The molecule has 0 aliphatic rings. The van der Waals surface area contributed by atoms with Crippen molar-refractivity contribution < 1.29 is 0 Å². The average Bonchev–Trinajstić information content (AvgIpc) is 2.96. The van der Waals surface area contributed by atoms with Crippen molar-refractivity contribution in [1.29, 1.82) is 0 Å². The van der Waals surface area contributed by atoms with Crippen LogP contribution in [0.3, 0.4) is 0 Å². The lowest BCUT2D eigenvalue weighted by atomic mass is 10.2. The zero-order valence-corrected chi connectivity index (χ0v) is 16.1. The highest BCUT2D eigenvalue weighted by Crippen LogP contribution is 2.34. The topological polar surface area (TPSA) is 59.8 Å². The molecule has 0 saturated heterocycles. The van der Waals surface area contributed by atoms with Gasteiger partial charge in [-0.1, -0.05) is 15.9 Å². The summed E-state index contributed by atoms with van der Waals surface area (Å²) in [5.74, 6) is 0. The number of nitrogens with zero attached hydrogens (tertiary/aromatic N) is 3. The quantitative estimate of drug-likeness (QED) is 0.532. The van der Waals surface area contributed by atoms with Crippen molar-refractivity contribution >= 4 is 53.4 Å². The molecule has 0 bridgehead atoms. The Morgan fingerprint density at radius 2 is 1.92 bits per heavy atom. The molecule has 0 radical (unpaired) electrons. The second-order valence-corrected chi connectivity index (χ2v) is 7.93. The van der Waals surface area contributed by atoms with E-state index < -0.39 is 0 Å². The first-order valence-electron chi connectivity index (χ1n) is 7.86. The summed E-state index contributed by atoms with van der Waals surface area (Å²) in [6.45, 7) is 4.16. The number of rotatable bonds is 3. The summed E-state index contributed by atoms with van der Waals surface area (Å²) in [5, 5.41) is 4.32. The first-order valence-corrected chi connectivity index (χ1v) is 9.47. The van der Waals surface area contributed by atoms with Crippen LogP contribution in [0.25, 0.3) is 26.1 Å². The smallest absolute Gasteiger partial charge is 0.275 e. The molecule has 0 fully saturated rings. The number of hydrogen-bond donors (Lipinski definition) is 1. The number of pyridine rings is 1. The lowest BCUT2D eigenvalue weighted by Crippen LogP contribution is -2.17. The van der Waals surface area contributed by atoms with E-state index in [1.165, 1.54) is 11.3 Å². The van der Waals surface area contributed by atoms with Gasteiger partial charge in [-0.15, -0.1) is 11.3 Å². The monoisotopic (exact) mass is 414 g/mol. The number of nitrogens with one attached hydrogen (secondary N) is 1. The van der Waals surface area contributed by atoms with E-state index in [-0.39, 0.29) is 11.6 Å². The maximum absolute atomic E-state index is 13.0. The van der Waals surface area contributed by atoms with Crippen molar-refractivity contribution in [2.24, 2.45) is 0 Å². The minimum Gasteiger partial charge on any atom is -0.382 e. The Labute approximate surface area is 156 Å². The Morgan fingerprint density at radius 1 is 1.16 bits per heavy atom. The highest BCUT2D eigenvalue weighted by Gasteiger charge is 2.16. The van der Waals surface area contributed by atoms with E-state index in [0.29, 0.717) is 10.2 Å². The van der Waals surface area contributed by atoms with Gasteiger partial charge < -0.3 is 5.32 Å². The van der Waals surface area contributed by atoms with Gasteiger partial charge in [0.15, 0.2) is 0 Å². The molecule has 0 aliphatic carbocycles. The van der Waals surface area contributed by atoms with E-state index in [1.807, 2.05) is 30.3 Å². The van der Waals surface area contributed by atoms with Crippen molar-refractivity contribution in [1.82, 2.24) is 14.5 Å². The molecule has 0 saturated carbocycles. The summed E-state index contributed by atoms with van der Waals surface area (Å²) < 4.78 is 3.15. The van der Waals surface area contributed by atoms with E-state index in [1.54, 1.807) is 17.1 Å². The summed E-state index contributed by atoms with van der Waals surface area (Å²) in [6.07, 6.45) is 3.35. The van der Waals surface area contributed by atoms with Crippen LogP contribution in [0.2, 0.25) is 0 Å². The highest BCUT2D eigenvalue weighted by molar-refractivity contribution is 9.10. The average molecular weight is 415 g/mol. The van der Waals surface area contributed by atoms with Crippen LogP contribution in [0, 0.1) is 0 Å². The molecule has 126 valence electrons. The zero-order valence-electron chi connectivity index (χ0n) is 13.7. The molecule has 0 aliphatic heterocycles. The van der Waals surface area contributed by atoms with Crippen LogP contribution >= 0.6 is 27.3 Å². The number of hydrogen-bond acceptors (Lipinski definition) is 5. The van der Waals surface area contributed by atoms with Gasteiger partial charge in [0.05, 0.1) is 16.6 Å². The van der Waals surface area contributed by atoms with Crippen LogP contribution in [0.4, 0.5) is 5.69 Å². The van der Waals surface area contributed by atoms with Crippen LogP contribution in [0.1, 0.15) is 13.8 Å². The third-order valence-electron chi connectivity index (χ3n) is 3.83. The fraction of sp³-hybridized carbons (Fsp3) is 0.167. The second-order valence-electron chi connectivity index (χ2n) is 6.01. The Balaban J connectivity index is 1.98. The molecular formula is C18H15BrN4OS. The Bertz CT molecular complexity index is 1130. The van der Waals surface area contributed by atoms with Crippen molar-refractivity contribution in [3.63, 3.8) is 0 Å². The number of anilines is 1. The first-order chi connectivity index (χ1) is 12.0. The minimum absolute atomic E-state index is 0.0779. The molecule has 25 heavy (non-hydrogen) atoms. The fourth-order valence-corrected chi connectivity index (χ4v) is 4.09. The van der Waals surface area contributed by atoms with Gasteiger partial charge in [0.25, 0.3) is 5.56 Å². The van der Waals surface area contributed by atoms with E-state index >= 15 is 0 Å². The molecule has 4 rings (SSSR count). The largest absolute Gasteiger partial charge is 0.382 e. The number of fused-ring (bicyclic) bond motifs is 3. The maximum atomic E-state index is 13.0. The van der Waals surface area contributed by atoms with Crippen LogP contribution in [-0.2, 0) is 0 Å². The number of benzene rings is 1. The molecule has 5 nitrogen and oxygen atoms in total. The second kappa shape index (κ2) is 6.24. The maximum Gasteiger partial charge on any atom is 0.275 e. The Hall–Kier alpha value is -2.25. The van der Waals surface area contributed by atoms with Crippen molar-refractivity contribution in [3.8, 4) is 5.69 Å². The molecule has 1 aromatic carbocycles. The Morgan fingerprint density at radius 3 is 2.64 bits per heavy atom. The summed E-state index contributed by atoms with van der Waals surface area (Å²) in [6, 6.07) is 9.79. The van der Waals surface area contributed by atoms with Gasteiger partial charge in [-0.3, -0.25) is 9.36 Å². The molecule has 3 aromatic heterocycles. The van der Waals surface area contributed by atoms with Crippen LogP contribution < -0.4 is 10.9 Å². The van der Waals surface area contributed by atoms with Gasteiger partial charge in [-0.25, -0.2) is 9.97 Å². The van der Waals surface area contributed by atoms with Gasteiger partial charge in [-0.2, -0.15) is 0 Å². The number of thiophene rings is 1. The van der Waals surface area contributed by atoms with Crippen molar-refractivity contribution in [3.05, 3.63) is 57.7 Å². The highest BCUT2D eigenvalue weighted by atomic mass is 79.9. The van der Waals surface area contributed by atoms with E-state index in [4.69, 9.17) is 0 Å². The lowest BCUT2D eigenvalue weighted by molar-refractivity contribution is 0.901. The molecule has 0 amide bonds. The third-order valence-corrected chi connectivity index (χ3v) is 5.43. The van der Waals surface area contributed by atoms with Gasteiger partial charge in [-0.05, 0) is 44.2 Å². The van der Waals surface area contributed by atoms with E-state index in [9.17, 15) is 4.79 Å². The molecule has 3 heterocycles. The van der Waals surface area contributed by atoms with Gasteiger partial charge >= 0.3 is 0 Å². The summed E-state index contributed by atoms with van der Waals surface area (Å²) in [7, 11) is 0. The van der Waals surface area contributed by atoms with Gasteiger partial charge in [0.2, 0.25) is 0 Å². The van der Waals surface area contributed by atoms with Gasteiger partial charge in [0, 0.05) is 22.4 Å². The molecule has 4 aromatic rings. The number of aromatic nitrogens is 3. The van der Waals surface area contributed by atoms with Gasteiger partial charge in [0.1, 0.15) is 15.9 Å². The van der Waals surface area contributed by atoms with Crippen molar-refractivity contribution in [2.45, 2.75) is 19.9 Å². The van der Waals surface area contributed by atoms with Crippen LogP contribution in [-0.4, -0.2) is 20.6 Å². The van der Waals surface area contributed by atoms with E-state index in [2.05, 4.69) is 45.1 Å². The summed E-state index contributed by atoms with van der Waals surface area (Å²) in [4.78, 5) is 22.8. The molecular weight excluding hydrogens is 400 g/mol. The molecule has 0 atom stereocenters. The standard InChI is InChI=1S/C18H15BrN4OS/c1-10(2)22-13-7-8-20-17-14(13)15-16(25-17)18(24)23(9-21-15)12-5-3-11(19)4-6-12/h3-10H,1-2H3,(H,20,22). The first kappa shape index (κ1) is 16.2. The summed E-state index contributed by atoms with van der Waals surface area (Å²) in [5.41, 5.74) is 2.37. The van der Waals surface area contributed by atoms with Crippen LogP contribution in [0.5, 0.6) is 0 Å². The predicted octanol–water partition coefficient (Wildman–Crippen LogP) is 4.58. The molecule has 1 N–H and O–H groups in total. The number of halogens is 1. The summed E-state index contributed by atoms with van der Waals surface area (Å²) >= 11 is 4.80. The minimum atomic E-state index is -0.0779. The van der Waals surface area contributed by atoms with E-state index in [0.717, 1.165) is 26.1 Å². The molecule has 0 unspecified atom stereocenters. The normalized spacial score (nSPS) is 11.5. The predicted molar refractivity (Wildman–Crippen MR) is 107 cm³/mol. The fourth-order valence-electron chi connectivity index (χ4n) is 2.77. The van der Waals surface area contributed by atoms with Crippen LogP contribution in [0.15, 0.2) is 52.1 Å². The molecule has 0 spiro atoms.